The van der Waals surface area contributed by atoms with E-state index < -0.39 is 0 Å². The number of ether oxygens (including phenoxy) is 2. The molecular weight excluding hydrogens is 152 g/mol. The SMILES string of the molecule is CCCCC(OCC)OCCC. The lowest BCUT2D eigenvalue weighted by Crippen LogP contribution is -2.17. The van der Waals surface area contributed by atoms with Crippen LogP contribution in [-0.2, 0) is 9.47 Å². The molecule has 0 heterocycles. The summed E-state index contributed by atoms with van der Waals surface area (Å²) in [6, 6.07) is 0. The van der Waals surface area contributed by atoms with Gasteiger partial charge in [-0.2, -0.15) is 0 Å². The zero-order chi connectivity index (χ0) is 9.23. The smallest absolute Gasteiger partial charge is 0.157 e. The molecule has 0 fully saturated rings. The van der Waals surface area contributed by atoms with Crippen molar-refractivity contribution >= 4 is 0 Å². The van der Waals surface area contributed by atoms with Gasteiger partial charge < -0.3 is 9.47 Å². The molecule has 2 heteroatoms. The fourth-order valence-electron chi connectivity index (χ4n) is 1.02. The molecule has 1 atom stereocenters. The van der Waals surface area contributed by atoms with Gasteiger partial charge in [-0.3, -0.25) is 0 Å². The Morgan fingerprint density at radius 2 is 1.75 bits per heavy atom. The highest BCUT2D eigenvalue weighted by molar-refractivity contribution is 4.45. The number of unbranched alkanes of at least 4 members (excludes halogenated alkanes) is 1. The monoisotopic (exact) mass is 174 g/mol. The van der Waals surface area contributed by atoms with Crippen LogP contribution in [0.1, 0.15) is 46.5 Å². The first-order valence-electron chi connectivity index (χ1n) is 5.08. The van der Waals surface area contributed by atoms with Crippen LogP contribution < -0.4 is 0 Å². The summed E-state index contributed by atoms with van der Waals surface area (Å²) in [7, 11) is 0. The maximum Gasteiger partial charge on any atom is 0.157 e. The van der Waals surface area contributed by atoms with Crippen molar-refractivity contribution in [2.75, 3.05) is 13.2 Å². The molecule has 0 aromatic heterocycles. The summed E-state index contributed by atoms with van der Waals surface area (Å²) in [5.74, 6) is 0. The van der Waals surface area contributed by atoms with Crippen molar-refractivity contribution in [3.8, 4) is 0 Å². The first-order valence-corrected chi connectivity index (χ1v) is 5.08. The van der Waals surface area contributed by atoms with E-state index in [1.165, 1.54) is 12.8 Å². The molecule has 0 rings (SSSR count). The third kappa shape index (κ3) is 6.62. The molecular formula is C10H22O2. The Morgan fingerprint density at radius 3 is 2.25 bits per heavy atom. The molecule has 0 bridgehead atoms. The lowest BCUT2D eigenvalue weighted by Gasteiger charge is -2.16. The van der Waals surface area contributed by atoms with E-state index in [1.54, 1.807) is 0 Å². The Morgan fingerprint density at radius 1 is 1.00 bits per heavy atom. The van der Waals surface area contributed by atoms with Crippen molar-refractivity contribution in [1.29, 1.82) is 0 Å². The zero-order valence-corrected chi connectivity index (χ0v) is 8.64. The summed E-state index contributed by atoms with van der Waals surface area (Å²) < 4.78 is 10.9. The van der Waals surface area contributed by atoms with Crippen LogP contribution in [-0.4, -0.2) is 19.5 Å². The largest absolute Gasteiger partial charge is 0.353 e. The molecule has 0 aliphatic rings. The van der Waals surface area contributed by atoms with Gasteiger partial charge in [-0.05, 0) is 26.2 Å². The molecule has 0 amide bonds. The molecule has 0 aliphatic heterocycles. The van der Waals surface area contributed by atoms with E-state index in [-0.39, 0.29) is 6.29 Å². The molecule has 0 N–H and O–H groups in total. The summed E-state index contributed by atoms with van der Waals surface area (Å²) in [4.78, 5) is 0. The van der Waals surface area contributed by atoms with Gasteiger partial charge in [0, 0.05) is 13.2 Å². The quantitative estimate of drug-likeness (QED) is 0.527. The molecule has 0 saturated heterocycles. The zero-order valence-electron chi connectivity index (χ0n) is 8.64. The van der Waals surface area contributed by atoms with Gasteiger partial charge in [-0.1, -0.05) is 20.3 Å². The molecule has 0 saturated carbocycles. The standard InChI is InChI=1S/C10H22O2/c1-4-7-8-10(11-6-3)12-9-5-2/h10H,4-9H2,1-3H3. The van der Waals surface area contributed by atoms with Crippen LogP contribution >= 0.6 is 0 Å². The van der Waals surface area contributed by atoms with Crippen molar-refractivity contribution in [3.05, 3.63) is 0 Å². The van der Waals surface area contributed by atoms with E-state index in [9.17, 15) is 0 Å². The Balaban J connectivity index is 3.40. The van der Waals surface area contributed by atoms with Gasteiger partial charge in [0.25, 0.3) is 0 Å². The lowest BCUT2D eigenvalue weighted by atomic mass is 10.2. The molecule has 12 heavy (non-hydrogen) atoms. The molecule has 0 aliphatic carbocycles. The van der Waals surface area contributed by atoms with E-state index in [1.807, 2.05) is 6.92 Å². The predicted octanol–water partition coefficient (Wildman–Crippen LogP) is 2.97. The van der Waals surface area contributed by atoms with Gasteiger partial charge in [0.05, 0.1) is 0 Å². The molecule has 0 aromatic rings. The molecule has 1 unspecified atom stereocenters. The summed E-state index contributed by atoms with van der Waals surface area (Å²) in [5, 5.41) is 0. The van der Waals surface area contributed by atoms with Crippen molar-refractivity contribution < 1.29 is 9.47 Å². The van der Waals surface area contributed by atoms with Gasteiger partial charge in [-0.15, -0.1) is 0 Å². The minimum absolute atomic E-state index is 0.0369. The van der Waals surface area contributed by atoms with Crippen LogP contribution in [0.3, 0.4) is 0 Å². The Labute approximate surface area is 76.3 Å². The fraction of sp³-hybridized carbons (Fsp3) is 1.00. The van der Waals surface area contributed by atoms with Crippen molar-refractivity contribution in [3.63, 3.8) is 0 Å². The molecule has 0 radical (unpaired) electrons. The van der Waals surface area contributed by atoms with E-state index in [0.717, 1.165) is 26.1 Å². The van der Waals surface area contributed by atoms with Crippen molar-refractivity contribution in [1.82, 2.24) is 0 Å². The highest BCUT2D eigenvalue weighted by Crippen LogP contribution is 2.06. The summed E-state index contributed by atoms with van der Waals surface area (Å²) >= 11 is 0. The minimum atomic E-state index is 0.0369. The van der Waals surface area contributed by atoms with Crippen LogP contribution in [0.5, 0.6) is 0 Å². The Hall–Kier alpha value is -0.0800. The fourth-order valence-corrected chi connectivity index (χ4v) is 1.02. The minimum Gasteiger partial charge on any atom is -0.353 e. The van der Waals surface area contributed by atoms with E-state index in [0.29, 0.717) is 0 Å². The van der Waals surface area contributed by atoms with Gasteiger partial charge >= 0.3 is 0 Å². The summed E-state index contributed by atoms with van der Waals surface area (Å²) in [5.41, 5.74) is 0. The molecule has 2 nitrogen and oxygen atoms in total. The summed E-state index contributed by atoms with van der Waals surface area (Å²) in [6.07, 6.45) is 4.53. The van der Waals surface area contributed by atoms with Crippen molar-refractivity contribution in [2.24, 2.45) is 0 Å². The van der Waals surface area contributed by atoms with Crippen LogP contribution in [0, 0.1) is 0 Å². The first kappa shape index (κ1) is 11.9. The van der Waals surface area contributed by atoms with Gasteiger partial charge in [-0.25, -0.2) is 0 Å². The van der Waals surface area contributed by atoms with Gasteiger partial charge in [0.1, 0.15) is 0 Å². The first-order chi connectivity index (χ1) is 5.85. The highest BCUT2D eigenvalue weighted by atomic mass is 16.7. The van der Waals surface area contributed by atoms with Gasteiger partial charge in [0.2, 0.25) is 0 Å². The molecule has 0 spiro atoms. The van der Waals surface area contributed by atoms with Crippen LogP contribution in [0.25, 0.3) is 0 Å². The second-order valence-electron chi connectivity index (χ2n) is 2.90. The highest BCUT2D eigenvalue weighted by Gasteiger charge is 2.06. The van der Waals surface area contributed by atoms with Crippen LogP contribution in [0.4, 0.5) is 0 Å². The van der Waals surface area contributed by atoms with Gasteiger partial charge in [0.15, 0.2) is 6.29 Å². The second-order valence-corrected chi connectivity index (χ2v) is 2.90. The molecule has 0 aromatic carbocycles. The Kier molecular flexibility index (Phi) is 8.95. The predicted molar refractivity (Wildman–Crippen MR) is 51.2 cm³/mol. The van der Waals surface area contributed by atoms with E-state index in [4.69, 9.17) is 9.47 Å². The molecule has 74 valence electrons. The van der Waals surface area contributed by atoms with E-state index in [2.05, 4.69) is 13.8 Å². The average molecular weight is 174 g/mol. The van der Waals surface area contributed by atoms with Crippen molar-refractivity contribution in [2.45, 2.75) is 52.7 Å². The van der Waals surface area contributed by atoms with E-state index >= 15 is 0 Å². The number of rotatable bonds is 8. The maximum absolute atomic E-state index is 5.51. The van der Waals surface area contributed by atoms with Crippen LogP contribution in [0.2, 0.25) is 0 Å². The topological polar surface area (TPSA) is 18.5 Å². The normalized spacial score (nSPS) is 13.2. The lowest BCUT2D eigenvalue weighted by molar-refractivity contribution is -0.143. The summed E-state index contributed by atoms with van der Waals surface area (Å²) in [6.45, 7) is 7.87. The maximum atomic E-state index is 5.51. The third-order valence-corrected chi connectivity index (χ3v) is 1.65. The number of hydrogen-bond donors (Lipinski definition) is 0. The average Bonchev–Trinajstić information content (AvgIpc) is 2.10. The number of hydrogen-bond acceptors (Lipinski definition) is 2. The second kappa shape index (κ2) is 9.01. The Bertz CT molecular complexity index is 75.9. The third-order valence-electron chi connectivity index (χ3n) is 1.65. The van der Waals surface area contributed by atoms with Crippen LogP contribution in [0.15, 0.2) is 0 Å².